The molecule has 3 nitrogen and oxygen atoms in total. The summed E-state index contributed by atoms with van der Waals surface area (Å²) in [5.74, 6) is -0.374. The molecule has 1 fully saturated rings. The van der Waals surface area contributed by atoms with Gasteiger partial charge in [-0.3, -0.25) is 4.90 Å². The van der Waals surface area contributed by atoms with Crippen LogP contribution in [-0.2, 0) is 6.54 Å². The summed E-state index contributed by atoms with van der Waals surface area (Å²) >= 11 is 0. The number of rotatable bonds is 2. The van der Waals surface area contributed by atoms with Gasteiger partial charge in [0.2, 0.25) is 0 Å². The lowest BCUT2D eigenvalue weighted by Crippen LogP contribution is -2.49. The molecule has 0 radical (unpaired) electrons. The van der Waals surface area contributed by atoms with Gasteiger partial charge in [-0.2, -0.15) is 5.26 Å². The molecule has 1 aliphatic heterocycles. The highest BCUT2D eigenvalue weighted by molar-refractivity contribution is 5.34. The molecule has 0 aromatic heterocycles. The molecule has 1 aromatic rings. The van der Waals surface area contributed by atoms with Crippen molar-refractivity contribution in [3.8, 4) is 6.07 Å². The molecule has 1 unspecified atom stereocenters. The summed E-state index contributed by atoms with van der Waals surface area (Å²) in [5.41, 5.74) is 0.739. The predicted molar refractivity (Wildman–Crippen MR) is 63.9 cm³/mol. The van der Waals surface area contributed by atoms with Gasteiger partial charge >= 0.3 is 0 Å². The number of halogens is 1. The lowest BCUT2D eigenvalue weighted by molar-refractivity contribution is 0.164. The standard InChI is InChI=1S/C13H16FN3/c1-10-8-16-5-6-17(10)9-12-4-2-3-11(7-15)13(12)14/h2-4,10,16H,5-6,8-9H2,1H3. The van der Waals surface area contributed by atoms with Crippen molar-refractivity contribution in [2.75, 3.05) is 19.6 Å². The van der Waals surface area contributed by atoms with E-state index in [1.54, 1.807) is 12.1 Å². The molecule has 0 spiro atoms. The normalized spacial score (nSPS) is 21.1. The van der Waals surface area contributed by atoms with Crippen LogP contribution in [0.25, 0.3) is 0 Å². The van der Waals surface area contributed by atoms with E-state index in [4.69, 9.17) is 5.26 Å². The van der Waals surface area contributed by atoms with Gasteiger partial charge in [0, 0.05) is 37.8 Å². The molecule has 1 atom stereocenters. The molecule has 1 aromatic carbocycles. The molecule has 0 bridgehead atoms. The molecule has 1 saturated heterocycles. The van der Waals surface area contributed by atoms with Gasteiger partial charge in [-0.1, -0.05) is 12.1 Å². The summed E-state index contributed by atoms with van der Waals surface area (Å²) in [7, 11) is 0. The quantitative estimate of drug-likeness (QED) is 0.841. The minimum atomic E-state index is -0.374. The Morgan fingerprint density at radius 2 is 2.41 bits per heavy atom. The number of hydrogen-bond acceptors (Lipinski definition) is 3. The van der Waals surface area contributed by atoms with Gasteiger partial charge in [-0.25, -0.2) is 4.39 Å². The molecular weight excluding hydrogens is 217 g/mol. The molecule has 1 heterocycles. The van der Waals surface area contributed by atoms with Crippen LogP contribution in [0.4, 0.5) is 4.39 Å². The average molecular weight is 233 g/mol. The fourth-order valence-electron chi connectivity index (χ4n) is 2.13. The molecule has 1 aliphatic rings. The second-order valence-corrected chi connectivity index (χ2v) is 4.41. The number of hydrogen-bond donors (Lipinski definition) is 1. The Bertz CT molecular complexity index is 439. The van der Waals surface area contributed by atoms with Gasteiger partial charge < -0.3 is 5.32 Å². The second kappa shape index (κ2) is 5.26. The van der Waals surface area contributed by atoms with Crippen LogP contribution in [-0.4, -0.2) is 30.6 Å². The first-order valence-corrected chi connectivity index (χ1v) is 5.84. The third-order valence-electron chi connectivity index (χ3n) is 3.21. The second-order valence-electron chi connectivity index (χ2n) is 4.41. The number of nitrogens with zero attached hydrogens (tertiary/aromatic N) is 2. The van der Waals surface area contributed by atoms with Crippen LogP contribution in [0.1, 0.15) is 18.1 Å². The third kappa shape index (κ3) is 2.63. The Kier molecular flexibility index (Phi) is 3.72. The van der Waals surface area contributed by atoms with E-state index in [1.807, 2.05) is 6.07 Å². The van der Waals surface area contributed by atoms with Crippen LogP contribution in [0.5, 0.6) is 0 Å². The molecule has 0 saturated carbocycles. The SMILES string of the molecule is CC1CNCCN1Cc1cccc(C#N)c1F. The summed E-state index contributed by atoms with van der Waals surface area (Å²) < 4.78 is 13.9. The van der Waals surface area contributed by atoms with E-state index in [1.165, 1.54) is 6.07 Å². The summed E-state index contributed by atoms with van der Waals surface area (Å²) in [6.45, 7) is 5.48. The Hall–Kier alpha value is -1.44. The Morgan fingerprint density at radius 3 is 3.12 bits per heavy atom. The third-order valence-corrected chi connectivity index (χ3v) is 3.21. The van der Waals surface area contributed by atoms with E-state index in [0.29, 0.717) is 18.2 Å². The van der Waals surface area contributed by atoms with Crippen molar-refractivity contribution < 1.29 is 4.39 Å². The largest absolute Gasteiger partial charge is 0.314 e. The topological polar surface area (TPSA) is 39.1 Å². The molecular formula is C13H16FN3. The van der Waals surface area contributed by atoms with Crippen molar-refractivity contribution >= 4 is 0 Å². The molecule has 0 aliphatic carbocycles. The van der Waals surface area contributed by atoms with E-state index in [-0.39, 0.29) is 11.4 Å². The summed E-state index contributed by atoms with van der Waals surface area (Å²) in [6, 6.07) is 7.28. The van der Waals surface area contributed by atoms with Gasteiger partial charge in [0.25, 0.3) is 0 Å². The van der Waals surface area contributed by atoms with Crippen LogP contribution in [0.2, 0.25) is 0 Å². The van der Waals surface area contributed by atoms with Crippen molar-refractivity contribution in [1.29, 1.82) is 5.26 Å². The van der Waals surface area contributed by atoms with Crippen LogP contribution in [0.15, 0.2) is 18.2 Å². The zero-order valence-electron chi connectivity index (χ0n) is 9.91. The smallest absolute Gasteiger partial charge is 0.145 e. The molecule has 1 N–H and O–H groups in total. The fraction of sp³-hybridized carbons (Fsp3) is 0.462. The Balaban J connectivity index is 2.16. The van der Waals surface area contributed by atoms with Gasteiger partial charge in [0.05, 0.1) is 5.56 Å². The van der Waals surface area contributed by atoms with Crippen molar-refractivity contribution in [3.63, 3.8) is 0 Å². The summed E-state index contributed by atoms with van der Waals surface area (Å²) in [6.07, 6.45) is 0. The molecule has 4 heteroatoms. The zero-order chi connectivity index (χ0) is 12.3. The van der Waals surface area contributed by atoms with E-state index < -0.39 is 0 Å². The lowest BCUT2D eigenvalue weighted by atomic mass is 10.1. The van der Waals surface area contributed by atoms with Gasteiger partial charge in [-0.05, 0) is 13.0 Å². The van der Waals surface area contributed by atoms with Crippen molar-refractivity contribution in [1.82, 2.24) is 10.2 Å². The first kappa shape index (κ1) is 12.0. The van der Waals surface area contributed by atoms with Gasteiger partial charge in [0.1, 0.15) is 11.9 Å². The maximum Gasteiger partial charge on any atom is 0.145 e. The molecule has 17 heavy (non-hydrogen) atoms. The van der Waals surface area contributed by atoms with E-state index in [2.05, 4.69) is 17.1 Å². The summed E-state index contributed by atoms with van der Waals surface area (Å²) in [5, 5.41) is 12.1. The minimum absolute atomic E-state index is 0.130. The van der Waals surface area contributed by atoms with Crippen molar-refractivity contribution in [3.05, 3.63) is 35.1 Å². The van der Waals surface area contributed by atoms with Crippen LogP contribution in [0.3, 0.4) is 0 Å². The highest BCUT2D eigenvalue weighted by Crippen LogP contribution is 2.16. The molecule has 0 amide bonds. The van der Waals surface area contributed by atoms with E-state index in [9.17, 15) is 4.39 Å². The van der Waals surface area contributed by atoms with Crippen LogP contribution in [0, 0.1) is 17.1 Å². The number of nitriles is 1. The van der Waals surface area contributed by atoms with Crippen LogP contribution < -0.4 is 5.32 Å². The molecule has 2 rings (SSSR count). The monoisotopic (exact) mass is 233 g/mol. The minimum Gasteiger partial charge on any atom is -0.314 e. The predicted octanol–water partition coefficient (Wildman–Crippen LogP) is 1.49. The Morgan fingerprint density at radius 1 is 1.59 bits per heavy atom. The van der Waals surface area contributed by atoms with Gasteiger partial charge in [0.15, 0.2) is 0 Å². The van der Waals surface area contributed by atoms with E-state index >= 15 is 0 Å². The summed E-state index contributed by atoms with van der Waals surface area (Å²) in [4.78, 5) is 2.23. The first-order chi connectivity index (χ1) is 8.22. The number of benzene rings is 1. The lowest BCUT2D eigenvalue weighted by Gasteiger charge is -2.33. The maximum absolute atomic E-state index is 13.9. The highest BCUT2D eigenvalue weighted by Gasteiger charge is 2.19. The Labute approximate surface area is 101 Å². The highest BCUT2D eigenvalue weighted by atomic mass is 19.1. The fourth-order valence-corrected chi connectivity index (χ4v) is 2.13. The zero-order valence-corrected chi connectivity index (χ0v) is 9.91. The first-order valence-electron chi connectivity index (χ1n) is 5.84. The van der Waals surface area contributed by atoms with Gasteiger partial charge in [-0.15, -0.1) is 0 Å². The van der Waals surface area contributed by atoms with Crippen molar-refractivity contribution in [2.45, 2.75) is 19.5 Å². The average Bonchev–Trinajstić information content (AvgIpc) is 2.34. The number of nitrogens with one attached hydrogen (secondary N) is 1. The molecule has 90 valence electrons. The van der Waals surface area contributed by atoms with Crippen LogP contribution >= 0.6 is 0 Å². The van der Waals surface area contributed by atoms with Crippen molar-refractivity contribution in [2.24, 2.45) is 0 Å². The maximum atomic E-state index is 13.9. The number of piperazine rings is 1. The van der Waals surface area contributed by atoms with E-state index in [0.717, 1.165) is 19.6 Å².